The lowest BCUT2D eigenvalue weighted by Crippen LogP contribution is -2.30. The van der Waals surface area contributed by atoms with Gasteiger partial charge in [0.15, 0.2) is 0 Å². The van der Waals surface area contributed by atoms with E-state index in [0.717, 1.165) is 19.1 Å². The summed E-state index contributed by atoms with van der Waals surface area (Å²) in [7, 11) is 0. The fourth-order valence-electron chi connectivity index (χ4n) is 1.59. The van der Waals surface area contributed by atoms with Crippen molar-refractivity contribution < 1.29 is 9.53 Å². The molecule has 0 saturated carbocycles. The van der Waals surface area contributed by atoms with Crippen LogP contribution in [0.4, 0.5) is 0 Å². The number of rotatable bonds is 4. The highest BCUT2D eigenvalue weighted by Crippen LogP contribution is 2.36. The maximum absolute atomic E-state index is 11.8. The van der Waals surface area contributed by atoms with Crippen LogP contribution in [-0.4, -0.2) is 5.97 Å². The number of esters is 1. The first-order chi connectivity index (χ1) is 8.31. The Labute approximate surface area is 135 Å². The van der Waals surface area contributed by atoms with Crippen LogP contribution in [0.1, 0.15) is 32.8 Å². The van der Waals surface area contributed by atoms with E-state index >= 15 is 0 Å². The predicted octanol–water partition coefficient (Wildman–Crippen LogP) is 4.64. The summed E-state index contributed by atoms with van der Waals surface area (Å²) >= 11 is 4.56. The quantitative estimate of drug-likeness (QED) is 0.365. The summed E-state index contributed by atoms with van der Waals surface area (Å²) in [4.78, 5) is 11.8. The van der Waals surface area contributed by atoms with Gasteiger partial charge in [-0.15, -0.1) is 0 Å². The Morgan fingerprint density at radius 3 is 2.28 bits per heavy atom. The average Bonchev–Trinajstić information content (AvgIpc) is 2.28. The molecule has 0 radical (unpaired) electrons. The summed E-state index contributed by atoms with van der Waals surface area (Å²) in [5, 5.41) is 0. The van der Waals surface area contributed by atoms with E-state index in [0.29, 0.717) is 5.57 Å². The second kappa shape index (κ2) is 6.36. The van der Waals surface area contributed by atoms with Crippen molar-refractivity contribution in [1.29, 1.82) is 0 Å². The maximum atomic E-state index is 11.8. The molecule has 0 aliphatic carbocycles. The number of carbonyl (C=O) groups excluding carboxylic acids is 1. The van der Waals surface area contributed by atoms with Crippen molar-refractivity contribution in [2.75, 3.05) is 0 Å². The standard InChI is InChI=1S/C14H16I2O2/c1-5-14(4,18-13(17)9(2)3)12-10(15)7-6-8-11(12)16/h6-8H,2,5H2,1,3-4H3. The van der Waals surface area contributed by atoms with Gasteiger partial charge in [-0.2, -0.15) is 0 Å². The zero-order chi connectivity index (χ0) is 13.9. The highest BCUT2D eigenvalue weighted by atomic mass is 127. The van der Waals surface area contributed by atoms with Gasteiger partial charge in [0.2, 0.25) is 0 Å². The Morgan fingerprint density at radius 2 is 1.89 bits per heavy atom. The molecule has 0 aliphatic heterocycles. The zero-order valence-electron chi connectivity index (χ0n) is 10.7. The minimum absolute atomic E-state index is 0.338. The summed E-state index contributed by atoms with van der Waals surface area (Å²) in [6, 6.07) is 6.06. The van der Waals surface area contributed by atoms with Gasteiger partial charge in [-0.25, -0.2) is 4.79 Å². The van der Waals surface area contributed by atoms with Gasteiger partial charge in [-0.3, -0.25) is 0 Å². The molecule has 0 amide bonds. The molecule has 0 fully saturated rings. The molecule has 98 valence electrons. The van der Waals surface area contributed by atoms with Crippen molar-refractivity contribution in [2.45, 2.75) is 32.8 Å². The molecule has 0 aromatic heterocycles. The molecule has 1 aromatic rings. The van der Waals surface area contributed by atoms with Crippen LogP contribution < -0.4 is 0 Å². The second-order valence-electron chi connectivity index (χ2n) is 4.35. The fraction of sp³-hybridized carbons (Fsp3) is 0.357. The highest BCUT2D eigenvalue weighted by Gasteiger charge is 2.33. The minimum Gasteiger partial charge on any atom is -0.451 e. The Balaban J connectivity index is 3.23. The molecule has 0 bridgehead atoms. The lowest BCUT2D eigenvalue weighted by molar-refractivity contribution is -0.154. The topological polar surface area (TPSA) is 26.3 Å². The van der Waals surface area contributed by atoms with Crippen LogP contribution >= 0.6 is 45.2 Å². The molecule has 1 unspecified atom stereocenters. The van der Waals surface area contributed by atoms with Gasteiger partial charge < -0.3 is 4.74 Å². The van der Waals surface area contributed by atoms with Gasteiger partial charge in [0, 0.05) is 18.3 Å². The monoisotopic (exact) mass is 470 g/mol. The van der Waals surface area contributed by atoms with Gasteiger partial charge >= 0.3 is 5.97 Å². The summed E-state index contributed by atoms with van der Waals surface area (Å²) in [6.45, 7) is 9.27. The number of benzene rings is 1. The van der Waals surface area contributed by atoms with Gasteiger partial charge in [0.05, 0.1) is 0 Å². The first-order valence-electron chi connectivity index (χ1n) is 5.65. The van der Waals surface area contributed by atoms with E-state index in [2.05, 4.69) is 51.8 Å². The minimum atomic E-state index is -0.607. The van der Waals surface area contributed by atoms with Crippen LogP contribution in [0.3, 0.4) is 0 Å². The van der Waals surface area contributed by atoms with E-state index in [9.17, 15) is 4.79 Å². The molecular formula is C14H16I2O2. The Hall–Kier alpha value is -0.110. The average molecular weight is 470 g/mol. The van der Waals surface area contributed by atoms with E-state index < -0.39 is 5.60 Å². The normalized spacial score (nSPS) is 13.8. The second-order valence-corrected chi connectivity index (χ2v) is 6.68. The van der Waals surface area contributed by atoms with Crippen LogP contribution in [0.5, 0.6) is 0 Å². The third-order valence-electron chi connectivity index (χ3n) is 2.83. The molecule has 1 aromatic carbocycles. The van der Waals surface area contributed by atoms with Crippen molar-refractivity contribution in [3.8, 4) is 0 Å². The zero-order valence-corrected chi connectivity index (χ0v) is 15.0. The molecule has 4 heteroatoms. The van der Waals surface area contributed by atoms with Crippen LogP contribution in [0.2, 0.25) is 0 Å². The van der Waals surface area contributed by atoms with Gasteiger partial charge in [0.1, 0.15) is 5.60 Å². The van der Waals surface area contributed by atoms with Crippen molar-refractivity contribution in [3.63, 3.8) is 0 Å². The summed E-state index contributed by atoms with van der Waals surface area (Å²) < 4.78 is 7.87. The lowest BCUT2D eigenvalue weighted by atomic mass is 9.93. The lowest BCUT2D eigenvalue weighted by Gasteiger charge is -2.31. The molecular weight excluding hydrogens is 454 g/mol. The summed E-state index contributed by atoms with van der Waals surface area (Å²) in [6.07, 6.45) is 0.724. The molecule has 2 nitrogen and oxygen atoms in total. The number of halogens is 2. The molecule has 0 aliphatic rings. The van der Waals surface area contributed by atoms with E-state index in [1.807, 2.05) is 32.0 Å². The van der Waals surface area contributed by atoms with Crippen molar-refractivity contribution >= 4 is 51.2 Å². The van der Waals surface area contributed by atoms with Crippen molar-refractivity contribution in [3.05, 3.63) is 43.1 Å². The summed E-state index contributed by atoms with van der Waals surface area (Å²) in [5.41, 5.74) is 0.892. The number of hydrogen-bond acceptors (Lipinski definition) is 2. The van der Waals surface area contributed by atoms with Gasteiger partial charge in [-0.05, 0) is 77.6 Å². The summed E-state index contributed by atoms with van der Waals surface area (Å²) in [5.74, 6) is -0.338. The van der Waals surface area contributed by atoms with Crippen LogP contribution in [0.25, 0.3) is 0 Å². The predicted molar refractivity (Wildman–Crippen MR) is 90.4 cm³/mol. The Bertz CT molecular complexity index is 462. The van der Waals surface area contributed by atoms with Crippen molar-refractivity contribution in [2.24, 2.45) is 0 Å². The molecule has 18 heavy (non-hydrogen) atoms. The van der Waals surface area contributed by atoms with E-state index in [-0.39, 0.29) is 5.97 Å². The van der Waals surface area contributed by atoms with Crippen LogP contribution in [0.15, 0.2) is 30.4 Å². The largest absolute Gasteiger partial charge is 0.451 e. The van der Waals surface area contributed by atoms with Crippen molar-refractivity contribution in [1.82, 2.24) is 0 Å². The Kier molecular flexibility index (Phi) is 5.64. The van der Waals surface area contributed by atoms with E-state index in [1.165, 1.54) is 0 Å². The van der Waals surface area contributed by atoms with E-state index in [1.54, 1.807) is 6.92 Å². The van der Waals surface area contributed by atoms with Gasteiger partial charge in [-0.1, -0.05) is 19.6 Å². The van der Waals surface area contributed by atoms with Crippen LogP contribution in [-0.2, 0) is 15.1 Å². The molecule has 0 N–H and O–H groups in total. The SMILES string of the molecule is C=C(C)C(=O)OC(C)(CC)c1c(I)cccc1I. The first kappa shape index (κ1) is 15.9. The number of carbonyl (C=O) groups is 1. The highest BCUT2D eigenvalue weighted by molar-refractivity contribution is 14.1. The first-order valence-corrected chi connectivity index (χ1v) is 7.81. The Morgan fingerprint density at radius 1 is 1.39 bits per heavy atom. The number of ether oxygens (including phenoxy) is 1. The molecule has 1 rings (SSSR count). The molecule has 0 saturated heterocycles. The third-order valence-corrected chi connectivity index (χ3v) is 4.63. The fourth-order valence-corrected chi connectivity index (χ4v) is 4.25. The molecule has 0 heterocycles. The van der Waals surface area contributed by atoms with Gasteiger partial charge in [0.25, 0.3) is 0 Å². The van der Waals surface area contributed by atoms with E-state index in [4.69, 9.17) is 4.74 Å². The van der Waals surface area contributed by atoms with Crippen LogP contribution in [0, 0.1) is 7.14 Å². The molecule has 1 atom stereocenters. The molecule has 0 spiro atoms. The number of hydrogen-bond donors (Lipinski definition) is 0. The third kappa shape index (κ3) is 3.46. The smallest absolute Gasteiger partial charge is 0.333 e. The maximum Gasteiger partial charge on any atom is 0.333 e.